The molecule has 1 aromatic carbocycles. The number of halogens is 3. The van der Waals surface area contributed by atoms with Crippen LogP contribution >= 0.6 is 0 Å². The van der Waals surface area contributed by atoms with Crippen molar-refractivity contribution in [1.29, 1.82) is 0 Å². The van der Waals surface area contributed by atoms with Crippen molar-refractivity contribution in [3.05, 3.63) is 24.3 Å². The molecule has 1 aromatic rings. The molecule has 0 spiro atoms. The Balaban J connectivity index is 0.00000254. The summed E-state index contributed by atoms with van der Waals surface area (Å²) in [7, 11) is -4.37. The van der Waals surface area contributed by atoms with Gasteiger partial charge in [0.15, 0.2) is 0 Å². The third kappa shape index (κ3) is 6.12. The third-order valence-electron chi connectivity index (χ3n) is 3.01. The Bertz CT molecular complexity index is 625. The van der Waals surface area contributed by atoms with Crippen LogP contribution in [0, 0.1) is 11.8 Å². The first-order valence-corrected chi connectivity index (χ1v) is 8.60. The average Bonchev–Trinajstić information content (AvgIpc) is 2.48. The topological polar surface area (TPSA) is 83.5 Å². The summed E-state index contributed by atoms with van der Waals surface area (Å²) < 4.78 is 59.6. The summed E-state index contributed by atoms with van der Waals surface area (Å²) in [5, 5.41) is 9.55. The molecule has 138 valence electrons. The van der Waals surface area contributed by atoms with Gasteiger partial charge in [-0.25, -0.2) is 8.42 Å². The molecule has 5 nitrogen and oxygen atoms in total. The van der Waals surface area contributed by atoms with Crippen molar-refractivity contribution in [2.75, 3.05) is 12.4 Å². The Labute approximate surface area is 139 Å². The molecule has 0 fully saturated rings. The minimum atomic E-state index is -5.37. The normalized spacial score (nSPS) is 13.0. The van der Waals surface area contributed by atoms with Crippen molar-refractivity contribution in [3.8, 4) is 0 Å². The number of sulfone groups is 1. The van der Waals surface area contributed by atoms with Crippen molar-refractivity contribution in [3.63, 3.8) is 0 Å². The molecule has 0 saturated heterocycles. The van der Waals surface area contributed by atoms with Gasteiger partial charge in [0, 0.05) is 18.7 Å². The van der Waals surface area contributed by atoms with Gasteiger partial charge in [-0.15, -0.1) is 0 Å². The van der Waals surface area contributed by atoms with Crippen LogP contribution in [0.1, 0.15) is 27.2 Å². The molecule has 0 heterocycles. The van der Waals surface area contributed by atoms with E-state index in [0.29, 0.717) is 12.3 Å². The van der Waals surface area contributed by atoms with Gasteiger partial charge in [-0.05, 0) is 36.6 Å². The summed E-state index contributed by atoms with van der Waals surface area (Å²) in [4.78, 5) is 11.0. The molecule has 0 radical (unpaired) electrons. The summed E-state index contributed by atoms with van der Waals surface area (Å²) in [6.07, 6.45) is 0.673. The minimum Gasteiger partial charge on any atom is -0.400 e. The van der Waals surface area contributed by atoms with Gasteiger partial charge in [-0.2, -0.15) is 13.2 Å². The van der Waals surface area contributed by atoms with Crippen molar-refractivity contribution in [2.45, 2.75) is 37.6 Å². The second-order valence-corrected chi connectivity index (χ2v) is 7.43. The number of alkyl halides is 3. The molecule has 1 unspecified atom stereocenters. The number of carbonyl (C=O) groups excluding carboxylic acids is 1. The fourth-order valence-electron chi connectivity index (χ4n) is 1.93. The van der Waals surface area contributed by atoms with Crippen LogP contribution in [-0.4, -0.2) is 32.0 Å². The first kappa shape index (κ1) is 22.4. The van der Waals surface area contributed by atoms with Gasteiger partial charge in [0.1, 0.15) is 0 Å². The maximum atomic E-state index is 12.4. The molecule has 0 aliphatic carbocycles. The van der Waals surface area contributed by atoms with E-state index in [0.717, 1.165) is 31.4 Å². The molecule has 0 aliphatic heterocycles. The van der Waals surface area contributed by atoms with E-state index >= 15 is 0 Å². The lowest BCUT2D eigenvalue weighted by atomic mass is 9.98. The summed E-state index contributed by atoms with van der Waals surface area (Å²) >= 11 is 0. The fraction of sp³-hybridized carbons (Fsp3) is 0.533. The van der Waals surface area contributed by atoms with E-state index in [9.17, 15) is 26.4 Å². The summed E-state index contributed by atoms with van der Waals surface area (Å²) in [5.74, 6) is -0.182. The number of anilines is 1. The van der Waals surface area contributed by atoms with Gasteiger partial charge in [-0.3, -0.25) is 4.79 Å². The second kappa shape index (κ2) is 9.03. The SMILES string of the molecule is CC(C)CC(C)C(=O)Nc1ccc(S(=O)(=O)C(F)(F)F)cc1.CO. The van der Waals surface area contributed by atoms with Crippen LogP contribution in [0.4, 0.5) is 18.9 Å². The molecule has 1 atom stereocenters. The molecule has 0 bridgehead atoms. The number of rotatable bonds is 5. The number of aliphatic hydroxyl groups excluding tert-OH is 1. The zero-order valence-corrected chi connectivity index (χ0v) is 14.7. The van der Waals surface area contributed by atoms with E-state index in [4.69, 9.17) is 5.11 Å². The van der Waals surface area contributed by atoms with E-state index < -0.39 is 20.2 Å². The number of nitrogens with one attached hydrogen (secondary N) is 1. The molecule has 0 aliphatic rings. The largest absolute Gasteiger partial charge is 0.501 e. The van der Waals surface area contributed by atoms with Gasteiger partial charge in [0.25, 0.3) is 9.84 Å². The van der Waals surface area contributed by atoms with E-state index in [1.165, 1.54) is 0 Å². The lowest BCUT2D eigenvalue weighted by Crippen LogP contribution is -2.23. The number of hydrogen-bond acceptors (Lipinski definition) is 4. The van der Waals surface area contributed by atoms with E-state index in [2.05, 4.69) is 5.32 Å². The maximum absolute atomic E-state index is 12.4. The number of amides is 1. The summed E-state index contributed by atoms with van der Waals surface area (Å²) in [6, 6.07) is 3.92. The third-order valence-corrected chi connectivity index (χ3v) is 4.51. The molecular weight excluding hydrogens is 347 g/mol. The number of aliphatic hydroxyl groups is 1. The van der Waals surface area contributed by atoms with E-state index in [-0.39, 0.29) is 17.5 Å². The van der Waals surface area contributed by atoms with E-state index in [1.807, 2.05) is 13.8 Å². The number of hydrogen-bond donors (Lipinski definition) is 2. The highest BCUT2D eigenvalue weighted by Crippen LogP contribution is 2.30. The predicted octanol–water partition coefficient (Wildman–Crippen LogP) is 3.21. The zero-order valence-electron chi connectivity index (χ0n) is 13.9. The minimum absolute atomic E-state index is 0.251. The highest BCUT2D eigenvalue weighted by atomic mass is 32.2. The van der Waals surface area contributed by atoms with Crippen molar-refractivity contribution < 1.29 is 31.5 Å². The Morgan fingerprint density at radius 1 is 1.12 bits per heavy atom. The quantitative estimate of drug-likeness (QED) is 0.835. The van der Waals surface area contributed by atoms with Gasteiger partial charge >= 0.3 is 5.51 Å². The van der Waals surface area contributed by atoms with Gasteiger partial charge in [0.2, 0.25) is 5.91 Å². The Morgan fingerprint density at radius 3 is 1.96 bits per heavy atom. The van der Waals surface area contributed by atoms with E-state index in [1.54, 1.807) is 6.92 Å². The Hall–Kier alpha value is -1.61. The summed E-state index contributed by atoms with van der Waals surface area (Å²) in [5.41, 5.74) is -5.09. The van der Waals surface area contributed by atoms with Gasteiger partial charge in [0.05, 0.1) is 4.90 Å². The fourth-order valence-corrected chi connectivity index (χ4v) is 2.69. The second-order valence-electron chi connectivity index (χ2n) is 5.49. The van der Waals surface area contributed by atoms with Crippen LogP contribution in [0.2, 0.25) is 0 Å². The van der Waals surface area contributed by atoms with Crippen LogP contribution in [0.3, 0.4) is 0 Å². The van der Waals surface area contributed by atoms with Gasteiger partial charge < -0.3 is 10.4 Å². The maximum Gasteiger partial charge on any atom is 0.501 e. The molecule has 1 amide bonds. The monoisotopic (exact) mass is 369 g/mol. The lowest BCUT2D eigenvalue weighted by molar-refractivity contribution is -0.119. The first-order chi connectivity index (χ1) is 10.9. The Kier molecular flexibility index (Phi) is 8.42. The van der Waals surface area contributed by atoms with Crippen LogP contribution < -0.4 is 5.32 Å². The number of carbonyl (C=O) groups is 1. The average molecular weight is 369 g/mol. The molecular formula is C15H22F3NO4S. The van der Waals surface area contributed by atoms with Crippen LogP contribution in [0.25, 0.3) is 0 Å². The molecule has 1 rings (SSSR count). The van der Waals surface area contributed by atoms with Crippen LogP contribution in [0.5, 0.6) is 0 Å². The van der Waals surface area contributed by atoms with Crippen molar-refractivity contribution in [1.82, 2.24) is 0 Å². The van der Waals surface area contributed by atoms with Crippen LogP contribution in [0.15, 0.2) is 29.2 Å². The van der Waals surface area contributed by atoms with Gasteiger partial charge in [-0.1, -0.05) is 20.8 Å². The highest BCUT2D eigenvalue weighted by Gasteiger charge is 2.46. The van der Waals surface area contributed by atoms with Crippen LogP contribution in [-0.2, 0) is 14.6 Å². The lowest BCUT2D eigenvalue weighted by Gasteiger charge is -2.14. The smallest absolute Gasteiger partial charge is 0.400 e. The summed E-state index contributed by atoms with van der Waals surface area (Å²) in [6.45, 7) is 5.69. The predicted molar refractivity (Wildman–Crippen MR) is 85.1 cm³/mol. The standard InChI is InChI=1S/C14H18F3NO3S.CH4O/c1-9(2)8-10(3)13(19)18-11-4-6-12(7-5-11)22(20,21)14(15,16)17;1-2/h4-7,9-10H,8H2,1-3H3,(H,18,19);2H,1H3. The Morgan fingerprint density at radius 2 is 1.58 bits per heavy atom. The molecule has 0 saturated carbocycles. The van der Waals surface area contributed by atoms with Crippen molar-refractivity contribution in [2.24, 2.45) is 11.8 Å². The highest BCUT2D eigenvalue weighted by molar-refractivity contribution is 7.92. The molecule has 0 aromatic heterocycles. The zero-order chi connectivity index (χ0) is 19.1. The molecule has 2 N–H and O–H groups in total. The van der Waals surface area contributed by atoms with Crippen molar-refractivity contribution >= 4 is 21.4 Å². The first-order valence-electron chi connectivity index (χ1n) is 7.12. The molecule has 9 heteroatoms. The molecule has 24 heavy (non-hydrogen) atoms. The number of benzene rings is 1.